The van der Waals surface area contributed by atoms with E-state index in [0.29, 0.717) is 6.10 Å². The van der Waals surface area contributed by atoms with E-state index < -0.39 is 0 Å². The Morgan fingerprint density at radius 1 is 1.29 bits per heavy atom. The van der Waals surface area contributed by atoms with Crippen LogP contribution in [0.3, 0.4) is 0 Å². The van der Waals surface area contributed by atoms with Gasteiger partial charge in [0.1, 0.15) is 0 Å². The Bertz CT molecular complexity index is 317. The van der Waals surface area contributed by atoms with Gasteiger partial charge in [0.2, 0.25) is 0 Å². The minimum atomic E-state index is -0.373. The Hall–Kier alpha value is -0.860. The van der Waals surface area contributed by atoms with Crippen LogP contribution in [0.4, 0.5) is 0 Å². The number of hydrogen-bond donors (Lipinski definition) is 1. The molecule has 2 nitrogen and oxygen atoms in total. The third kappa shape index (κ3) is 3.55. The van der Waals surface area contributed by atoms with Gasteiger partial charge in [-0.3, -0.25) is 0 Å². The third-order valence-corrected chi connectivity index (χ3v) is 3.59. The topological polar surface area (TPSA) is 29.5 Å². The summed E-state index contributed by atoms with van der Waals surface area (Å²) in [5.74, 6) is 0.250. The van der Waals surface area contributed by atoms with E-state index in [1.165, 1.54) is 12.8 Å². The quantitative estimate of drug-likeness (QED) is 0.866. The van der Waals surface area contributed by atoms with Gasteiger partial charge in [-0.2, -0.15) is 0 Å². The van der Waals surface area contributed by atoms with Gasteiger partial charge < -0.3 is 9.84 Å². The van der Waals surface area contributed by atoms with Crippen LogP contribution in [0.1, 0.15) is 44.3 Å². The fourth-order valence-corrected chi connectivity index (χ4v) is 2.52. The van der Waals surface area contributed by atoms with Crippen LogP contribution in [0.5, 0.6) is 0 Å². The smallest absolute Gasteiger partial charge is 0.0816 e. The highest BCUT2D eigenvalue weighted by Crippen LogP contribution is 2.28. The van der Waals surface area contributed by atoms with Crippen LogP contribution < -0.4 is 0 Å². The number of aliphatic hydroxyl groups excluding tert-OH is 1. The number of rotatable bonds is 4. The second-order valence-electron chi connectivity index (χ2n) is 5.06. The molecule has 1 heterocycles. The van der Waals surface area contributed by atoms with Gasteiger partial charge in [0.25, 0.3) is 0 Å². The molecule has 3 unspecified atom stereocenters. The number of aliphatic hydroxyl groups is 1. The lowest BCUT2D eigenvalue weighted by Gasteiger charge is -2.27. The van der Waals surface area contributed by atoms with E-state index in [2.05, 4.69) is 6.92 Å². The maximum Gasteiger partial charge on any atom is 0.0816 e. The molecule has 17 heavy (non-hydrogen) atoms. The lowest BCUT2D eigenvalue weighted by atomic mass is 9.90. The zero-order chi connectivity index (χ0) is 12.1. The Kier molecular flexibility index (Phi) is 4.57. The maximum absolute atomic E-state index is 10.3. The van der Waals surface area contributed by atoms with E-state index in [4.69, 9.17) is 4.74 Å². The lowest BCUT2D eigenvalue weighted by molar-refractivity contribution is -0.0133. The van der Waals surface area contributed by atoms with Gasteiger partial charge in [-0.1, -0.05) is 37.3 Å². The van der Waals surface area contributed by atoms with Crippen molar-refractivity contribution in [1.29, 1.82) is 0 Å². The van der Waals surface area contributed by atoms with Gasteiger partial charge in [0.15, 0.2) is 0 Å². The van der Waals surface area contributed by atoms with Gasteiger partial charge in [0, 0.05) is 6.61 Å². The highest BCUT2D eigenvalue weighted by Gasteiger charge is 2.22. The average Bonchev–Trinajstić information content (AvgIpc) is 2.40. The molecule has 2 rings (SSSR count). The van der Waals surface area contributed by atoms with Crippen LogP contribution in [-0.4, -0.2) is 17.8 Å². The second kappa shape index (κ2) is 6.18. The number of ether oxygens (including phenoxy) is 1. The summed E-state index contributed by atoms with van der Waals surface area (Å²) in [6, 6.07) is 9.90. The largest absolute Gasteiger partial charge is 0.388 e. The Morgan fingerprint density at radius 2 is 2.06 bits per heavy atom. The molecular formula is C15H22O2. The summed E-state index contributed by atoms with van der Waals surface area (Å²) >= 11 is 0. The minimum absolute atomic E-state index is 0.250. The summed E-state index contributed by atoms with van der Waals surface area (Å²) in [5, 5.41) is 10.3. The molecule has 1 fully saturated rings. The van der Waals surface area contributed by atoms with Gasteiger partial charge >= 0.3 is 0 Å². The highest BCUT2D eigenvalue weighted by molar-refractivity contribution is 5.17. The van der Waals surface area contributed by atoms with E-state index >= 15 is 0 Å². The molecule has 0 aliphatic carbocycles. The summed E-state index contributed by atoms with van der Waals surface area (Å²) in [7, 11) is 0. The summed E-state index contributed by atoms with van der Waals surface area (Å²) in [6.45, 7) is 2.99. The molecule has 1 saturated heterocycles. The highest BCUT2D eigenvalue weighted by atomic mass is 16.5. The monoisotopic (exact) mass is 234 g/mol. The van der Waals surface area contributed by atoms with Crippen LogP contribution in [0.25, 0.3) is 0 Å². The van der Waals surface area contributed by atoms with Crippen LogP contribution >= 0.6 is 0 Å². The zero-order valence-corrected chi connectivity index (χ0v) is 10.5. The molecular weight excluding hydrogens is 212 g/mol. The molecule has 1 N–H and O–H groups in total. The first-order valence-corrected chi connectivity index (χ1v) is 6.62. The van der Waals surface area contributed by atoms with Crippen molar-refractivity contribution in [3.63, 3.8) is 0 Å². The Labute approximate surface area is 104 Å². The standard InChI is InChI=1S/C15H22O2/c1-12(11-14-9-5-6-10-17-14)15(16)13-7-3-2-4-8-13/h2-4,7-8,12,14-16H,5-6,9-11H2,1H3. The fourth-order valence-electron chi connectivity index (χ4n) is 2.52. The van der Waals surface area contributed by atoms with Crippen LogP contribution in [-0.2, 0) is 4.74 Å². The van der Waals surface area contributed by atoms with Crippen LogP contribution in [0.15, 0.2) is 30.3 Å². The number of hydrogen-bond acceptors (Lipinski definition) is 2. The minimum Gasteiger partial charge on any atom is -0.388 e. The molecule has 0 aromatic heterocycles. The molecule has 0 spiro atoms. The molecule has 1 aliphatic heterocycles. The lowest BCUT2D eigenvalue weighted by Crippen LogP contribution is -2.23. The fraction of sp³-hybridized carbons (Fsp3) is 0.600. The van der Waals surface area contributed by atoms with E-state index in [9.17, 15) is 5.11 Å². The Balaban J connectivity index is 1.88. The maximum atomic E-state index is 10.3. The first-order chi connectivity index (χ1) is 8.27. The Morgan fingerprint density at radius 3 is 2.71 bits per heavy atom. The molecule has 0 saturated carbocycles. The molecule has 3 atom stereocenters. The van der Waals surface area contributed by atoms with Crippen molar-refractivity contribution < 1.29 is 9.84 Å². The van der Waals surface area contributed by atoms with Crippen molar-refractivity contribution in [2.24, 2.45) is 5.92 Å². The number of benzene rings is 1. The molecule has 94 valence electrons. The van der Waals surface area contributed by atoms with Crippen molar-refractivity contribution in [1.82, 2.24) is 0 Å². The van der Waals surface area contributed by atoms with Crippen molar-refractivity contribution >= 4 is 0 Å². The normalized spacial score (nSPS) is 24.2. The van der Waals surface area contributed by atoms with Crippen molar-refractivity contribution in [3.8, 4) is 0 Å². The van der Waals surface area contributed by atoms with E-state index in [1.807, 2.05) is 30.3 Å². The molecule has 1 aliphatic rings. The molecule has 0 bridgehead atoms. The first-order valence-electron chi connectivity index (χ1n) is 6.62. The summed E-state index contributed by atoms with van der Waals surface area (Å²) in [4.78, 5) is 0. The SMILES string of the molecule is CC(CC1CCCCO1)C(O)c1ccccc1. The van der Waals surface area contributed by atoms with Gasteiger partial charge in [-0.25, -0.2) is 0 Å². The second-order valence-corrected chi connectivity index (χ2v) is 5.06. The van der Waals surface area contributed by atoms with Crippen molar-refractivity contribution in [3.05, 3.63) is 35.9 Å². The summed E-state index contributed by atoms with van der Waals surface area (Å²) in [6.07, 6.45) is 4.52. The van der Waals surface area contributed by atoms with E-state index in [0.717, 1.165) is 25.0 Å². The van der Waals surface area contributed by atoms with Crippen molar-refractivity contribution in [2.45, 2.75) is 44.8 Å². The van der Waals surface area contributed by atoms with Crippen LogP contribution in [0, 0.1) is 5.92 Å². The van der Waals surface area contributed by atoms with E-state index in [1.54, 1.807) is 0 Å². The molecule has 0 amide bonds. The zero-order valence-electron chi connectivity index (χ0n) is 10.5. The van der Waals surface area contributed by atoms with E-state index in [-0.39, 0.29) is 12.0 Å². The molecule has 2 heteroatoms. The predicted molar refractivity (Wildman–Crippen MR) is 68.8 cm³/mol. The van der Waals surface area contributed by atoms with Crippen molar-refractivity contribution in [2.75, 3.05) is 6.61 Å². The summed E-state index contributed by atoms with van der Waals surface area (Å²) < 4.78 is 5.72. The molecule has 1 aromatic carbocycles. The third-order valence-electron chi connectivity index (χ3n) is 3.59. The molecule has 1 aromatic rings. The molecule has 0 radical (unpaired) electrons. The van der Waals surface area contributed by atoms with Gasteiger partial charge in [0.05, 0.1) is 12.2 Å². The van der Waals surface area contributed by atoms with Crippen LogP contribution in [0.2, 0.25) is 0 Å². The van der Waals surface area contributed by atoms with Gasteiger partial charge in [-0.05, 0) is 37.2 Å². The first kappa shape index (κ1) is 12.6. The summed E-state index contributed by atoms with van der Waals surface area (Å²) in [5.41, 5.74) is 1.01. The van der Waals surface area contributed by atoms with Gasteiger partial charge in [-0.15, -0.1) is 0 Å². The predicted octanol–water partition coefficient (Wildman–Crippen LogP) is 3.32. The average molecular weight is 234 g/mol.